The molecule has 0 aromatic carbocycles. The molecule has 3 heterocycles. The minimum atomic E-state index is -0.777. The molecule has 0 saturated heterocycles. The predicted molar refractivity (Wildman–Crippen MR) is 77.9 cm³/mol. The Kier molecular flexibility index (Phi) is 3.65. The van der Waals surface area contributed by atoms with Crippen LogP contribution in [0.2, 0.25) is 0 Å². The number of hydrogen-bond acceptors (Lipinski definition) is 5. The number of aromatic nitrogens is 2. The van der Waals surface area contributed by atoms with Gasteiger partial charge in [0.05, 0.1) is 30.2 Å². The number of ether oxygens (including phenoxy) is 1. The van der Waals surface area contributed by atoms with Gasteiger partial charge in [0.1, 0.15) is 11.6 Å². The molecule has 6 heteroatoms. The molecule has 0 amide bonds. The minimum absolute atomic E-state index is 0.163. The fourth-order valence-electron chi connectivity index (χ4n) is 3.02. The maximum atomic E-state index is 12.1. The van der Waals surface area contributed by atoms with Crippen LogP contribution in [0.4, 0.5) is 0 Å². The Labute approximate surface area is 127 Å². The van der Waals surface area contributed by atoms with Crippen molar-refractivity contribution < 1.29 is 14.6 Å². The van der Waals surface area contributed by atoms with Crippen molar-refractivity contribution in [1.29, 1.82) is 5.26 Å². The molecule has 112 valence electrons. The summed E-state index contributed by atoms with van der Waals surface area (Å²) >= 11 is 0. The molecule has 2 aromatic heterocycles. The van der Waals surface area contributed by atoms with Crippen LogP contribution in [0.5, 0.6) is 0 Å². The molecule has 1 N–H and O–H groups in total. The molecule has 0 aliphatic carbocycles. The van der Waals surface area contributed by atoms with E-state index in [-0.39, 0.29) is 11.1 Å². The van der Waals surface area contributed by atoms with E-state index in [0.717, 1.165) is 12.0 Å². The van der Waals surface area contributed by atoms with Crippen LogP contribution in [-0.4, -0.2) is 27.7 Å². The van der Waals surface area contributed by atoms with Crippen LogP contribution in [-0.2, 0) is 11.3 Å². The van der Waals surface area contributed by atoms with Crippen LogP contribution >= 0.6 is 0 Å². The smallest absolute Gasteiger partial charge is 0.341 e. The highest BCUT2D eigenvalue weighted by molar-refractivity contribution is 5.97. The first kappa shape index (κ1) is 14.3. The Morgan fingerprint density at radius 2 is 2.41 bits per heavy atom. The quantitative estimate of drug-likeness (QED) is 0.857. The van der Waals surface area contributed by atoms with Crippen LogP contribution in [0.25, 0.3) is 11.3 Å². The fourth-order valence-corrected chi connectivity index (χ4v) is 3.02. The molecule has 3 rings (SSSR count). The lowest BCUT2D eigenvalue weighted by atomic mass is 10.0. The monoisotopic (exact) mass is 297 g/mol. The van der Waals surface area contributed by atoms with Crippen LogP contribution < -0.4 is 0 Å². The topological polar surface area (TPSA) is 88.1 Å². The average Bonchev–Trinajstić information content (AvgIpc) is 2.90. The van der Waals surface area contributed by atoms with Gasteiger partial charge in [-0.15, -0.1) is 0 Å². The Bertz CT molecular complexity index is 759. The summed E-state index contributed by atoms with van der Waals surface area (Å²) < 4.78 is 6.66. The second kappa shape index (κ2) is 5.62. The molecular weight excluding hydrogens is 282 g/mol. The Morgan fingerprint density at radius 3 is 3.05 bits per heavy atom. The van der Waals surface area contributed by atoms with E-state index in [2.05, 4.69) is 11.1 Å². The third-order valence-corrected chi connectivity index (χ3v) is 3.91. The van der Waals surface area contributed by atoms with Gasteiger partial charge >= 0.3 is 5.97 Å². The third kappa shape index (κ3) is 2.07. The van der Waals surface area contributed by atoms with Crippen molar-refractivity contribution in [1.82, 2.24) is 9.55 Å². The number of nitrogens with zero attached hydrogens (tertiary/aromatic N) is 3. The van der Waals surface area contributed by atoms with Crippen molar-refractivity contribution in [3.8, 4) is 17.3 Å². The number of aliphatic hydroxyl groups is 1. The normalized spacial score (nSPS) is 16.7. The van der Waals surface area contributed by atoms with Crippen LogP contribution in [0.3, 0.4) is 0 Å². The van der Waals surface area contributed by atoms with Gasteiger partial charge in [-0.1, -0.05) is 0 Å². The zero-order valence-electron chi connectivity index (χ0n) is 12.1. The zero-order valence-corrected chi connectivity index (χ0v) is 12.1. The highest BCUT2D eigenvalue weighted by atomic mass is 16.5. The van der Waals surface area contributed by atoms with E-state index in [1.165, 1.54) is 7.11 Å². The summed E-state index contributed by atoms with van der Waals surface area (Å²) in [4.78, 5) is 16.2. The van der Waals surface area contributed by atoms with Crippen LogP contribution in [0.1, 0.15) is 40.6 Å². The van der Waals surface area contributed by atoms with Gasteiger partial charge in [0.25, 0.3) is 0 Å². The van der Waals surface area contributed by atoms with E-state index < -0.39 is 12.1 Å². The molecule has 0 radical (unpaired) electrons. The van der Waals surface area contributed by atoms with Crippen molar-refractivity contribution in [2.45, 2.75) is 25.5 Å². The summed E-state index contributed by atoms with van der Waals surface area (Å²) in [5, 5.41) is 19.9. The minimum Gasteiger partial charge on any atom is -0.465 e. The Hall–Kier alpha value is -2.65. The van der Waals surface area contributed by atoms with Crippen molar-refractivity contribution in [2.75, 3.05) is 7.11 Å². The van der Waals surface area contributed by atoms with Gasteiger partial charge in [-0.2, -0.15) is 5.26 Å². The molecule has 0 bridgehead atoms. The van der Waals surface area contributed by atoms with E-state index in [9.17, 15) is 15.2 Å². The number of rotatable bonds is 2. The lowest BCUT2D eigenvalue weighted by Crippen LogP contribution is -2.18. The largest absolute Gasteiger partial charge is 0.465 e. The molecule has 0 fully saturated rings. The highest BCUT2D eigenvalue weighted by Crippen LogP contribution is 2.38. The Morgan fingerprint density at radius 1 is 1.59 bits per heavy atom. The molecule has 1 atom stereocenters. The van der Waals surface area contributed by atoms with E-state index in [1.807, 2.05) is 10.6 Å². The number of carbonyl (C=O) groups is 1. The van der Waals surface area contributed by atoms with Crippen molar-refractivity contribution in [2.24, 2.45) is 0 Å². The van der Waals surface area contributed by atoms with E-state index in [4.69, 9.17) is 4.74 Å². The second-order valence-electron chi connectivity index (χ2n) is 5.14. The van der Waals surface area contributed by atoms with Crippen molar-refractivity contribution in [3.05, 3.63) is 41.3 Å². The number of fused-ring (bicyclic) bond motifs is 1. The van der Waals surface area contributed by atoms with Crippen molar-refractivity contribution >= 4 is 5.97 Å². The van der Waals surface area contributed by atoms with Crippen molar-refractivity contribution in [3.63, 3.8) is 0 Å². The first-order valence-electron chi connectivity index (χ1n) is 7.02. The van der Waals surface area contributed by atoms with E-state index in [0.29, 0.717) is 24.4 Å². The van der Waals surface area contributed by atoms with Gasteiger partial charge in [-0.25, -0.2) is 4.79 Å². The molecule has 1 aliphatic rings. The molecule has 22 heavy (non-hydrogen) atoms. The van der Waals surface area contributed by atoms with Gasteiger partial charge in [0.15, 0.2) is 0 Å². The fraction of sp³-hybridized carbons (Fsp3) is 0.312. The first-order valence-corrected chi connectivity index (χ1v) is 7.02. The highest BCUT2D eigenvalue weighted by Gasteiger charge is 2.34. The van der Waals surface area contributed by atoms with Gasteiger partial charge in [-0.3, -0.25) is 4.98 Å². The van der Waals surface area contributed by atoms with E-state index in [1.54, 1.807) is 18.5 Å². The summed E-state index contributed by atoms with van der Waals surface area (Å²) in [6.45, 7) is 0.641. The number of aliphatic hydroxyl groups excluding tert-OH is 1. The number of methoxy groups -OCH3 is 1. The molecule has 1 aliphatic heterocycles. The average molecular weight is 297 g/mol. The Balaban J connectivity index is 2.36. The zero-order chi connectivity index (χ0) is 15.7. The third-order valence-electron chi connectivity index (χ3n) is 3.91. The van der Waals surface area contributed by atoms with Crippen LogP contribution in [0.15, 0.2) is 24.5 Å². The van der Waals surface area contributed by atoms with Gasteiger partial charge in [0.2, 0.25) is 0 Å². The SMILES string of the molecule is COC(=O)c1c(C#N)c(-c2cccnc2)n2c1C(O)CCC2. The van der Waals surface area contributed by atoms with Gasteiger partial charge < -0.3 is 14.4 Å². The lowest BCUT2D eigenvalue weighted by Gasteiger charge is -2.23. The maximum Gasteiger partial charge on any atom is 0.341 e. The van der Waals surface area contributed by atoms with Crippen LogP contribution in [0, 0.1) is 11.3 Å². The molecule has 2 aromatic rings. The number of esters is 1. The summed E-state index contributed by atoms with van der Waals surface area (Å²) in [7, 11) is 1.27. The molecule has 0 spiro atoms. The van der Waals surface area contributed by atoms with Gasteiger partial charge in [0, 0.05) is 24.5 Å². The molecule has 6 nitrogen and oxygen atoms in total. The van der Waals surface area contributed by atoms with Gasteiger partial charge in [-0.05, 0) is 25.0 Å². The summed E-state index contributed by atoms with van der Waals surface area (Å²) in [5.74, 6) is -0.601. The predicted octanol–water partition coefficient (Wildman–Crippen LogP) is 2.04. The maximum absolute atomic E-state index is 12.1. The number of pyridine rings is 1. The van der Waals surface area contributed by atoms with E-state index >= 15 is 0 Å². The summed E-state index contributed by atoms with van der Waals surface area (Å²) in [6.07, 6.45) is 3.85. The molecular formula is C16H15N3O3. The number of hydrogen-bond donors (Lipinski definition) is 1. The summed E-state index contributed by atoms with van der Waals surface area (Å²) in [6, 6.07) is 5.70. The molecule has 1 unspecified atom stereocenters. The first-order chi connectivity index (χ1) is 10.7. The lowest BCUT2D eigenvalue weighted by molar-refractivity contribution is 0.0587. The number of carbonyl (C=O) groups excluding carboxylic acids is 1. The summed E-state index contributed by atoms with van der Waals surface area (Å²) in [5.41, 5.74) is 2.22. The molecule has 0 saturated carbocycles. The second-order valence-corrected chi connectivity index (χ2v) is 5.14. The number of nitriles is 1. The standard InChI is InChI=1S/C16H15N3O3/c1-22-16(21)13-11(8-17)14(10-4-2-6-18-9-10)19-7-3-5-12(20)15(13)19/h2,4,6,9,12,20H,3,5,7H2,1H3.